The van der Waals surface area contributed by atoms with Crippen LogP contribution in [0.1, 0.15) is 36.8 Å². The topological polar surface area (TPSA) is 50.8 Å². The van der Waals surface area contributed by atoms with Gasteiger partial charge < -0.3 is 14.8 Å². The molecule has 5 nitrogen and oxygen atoms in total. The molecule has 2 atom stereocenters. The Morgan fingerprint density at radius 2 is 1.76 bits per heavy atom. The number of aryl methyl sites for hydroxylation is 2. The van der Waals surface area contributed by atoms with Crippen molar-refractivity contribution in [2.75, 3.05) is 38.2 Å². The van der Waals surface area contributed by atoms with Gasteiger partial charge in [0.15, 0.2) is 0 Å². The van der Waals surface area contributed by atoms with Gasteiger partial charge in [0.05, 0.1) is 18.8 Å². The Kier molecular flexibility index (Phi) is 6.45. The zero-order valence-corrected chi connectivity index (χ0v) is 15.4. The molecule has 25 heavy (non-hydrogen) atoms. The van der Waals surface area contributed by atoms with Crippen molar-refractivity contribution in [1.82, 2.24) is 4.90 Å². The molecule has 0 aliphatic carbocycles. The van der Waals surface area contributed by atoms with Crippen LogP contribution in [0, 0.1) is 13.8 Å². The summed E-state index contributed by atoms with van der Waals surface area (Å²) in [7, 11) is 0. The lowest BCUT2D eigenvalue weighted by atomic mass is 10.1. The Morgan fingerprint density at radius 1 is 1.12 bits per heavy atom. The minimum Gasteiger partial charge on any atom is -0.377 e. The Hall–Kier alpha value is -1.43. The van der Waals surface area contributed by atoms with Crippen LogP contribution in [0.3, 0.4) is 0 Å². The molecule has 0 bridgehead atoms. The van der Waals surface area contributed by atoms with Crippen molar-refractivity contribution < 1.29 is 14.3 Å². The highest BCUT2D eigenvalue weighted by Gasteiger charge is 2.25. The van der Waals surface area contributed by atoms with E-state index in [2.05, 4.69) is 16.3 Å². The minimum atomic E-state index is 0.0321. The van der Waals surface area contributed by atoms with E-state index < -0.39 is 0 Å². The van der Waals surface area contributed by atoms with Crippen molar-refractivity contribution in [2.24, 2.45) is 0 Å². The number of benzene rings is 1. The summed E-state index contributed by atoms with van der Waals surface area (Å²) in [5.74, 6) is 0.0321. The Balaban J connectivity index is 1.58. The average molecular weight is 346 g/mol. The number of ether oxygens (including phenoxy) is 2. The predicted molar refractivity (Wildman–Crippen MR) is 98.9 cm³/mol. The predicted octanol–water partition coefficient (Wildman–Crippen LogP) is 2.90. The summed E-state index contributed by atoms with van der Waals surface area (Å²) >= 11 is 0. The lowest BCUT2D eigenvalue weighted by molar-refractivity contribution is -0.118. The molecule has 0 radical (unpaired) electrons. The average Bonchev–Trinajstić information content (AvgIpc) is 3.25. The summed E-state index contributed by atoms with van der Waals surface area (Å²) in [5.41, 5.74) is 3.14. The van der Waals surface area contributed by atoms with Gasteiger partial charge in [-0.2, -0.15) is 0 Å². The van der Waals surface area contributed by atoms with Crippen molar-refractivity contribution in [3.8, 4) is 0 Å². The number of amides is 1. The fourth-order valence-electron chi connectivity index (χ4n) is 3.62. The molecule has 1 amide bonds. The van der Waals surface area contributed by atoms with E-state index in [1.54, 1.807) is 0 Å². The SMILES string of the molecule is Cc1ccc(C)c(NC(=O)CN(CC2CCCO2)CC2CCCO2)c1. The van der Waals surface area contributed by atoms with Crippen LogP contribution in [-0.2, 0) is 14.3 Å². The molecule has 1 N–H and O–H groups in total. The van der Waals surface area contributed by atoms with Crippen LogP contribution in [0.25, 0.3) is 0 Å². The highest BCUT2D eigenvalue weighted by atomic mass is 16.5. The maximum Gasteiger partial charge on any atom is 0.238 e. The number of carbonyl (C=O) groups excluding carboxylic acids is 1. The molecule has 138 valence electrons. The maximum absolute atomic E-state index is 12.6. The number of nitrogens with one attached hydrogen (secondary N) is 1. The highest BCUT2D eigenvalue weighted by molar-refractivity contribution is 5.93. The smallest absolute Gasteiger partial charge is 0.238 e. The first-order valence-corrected chi connectivity index (χ1v) is 9.43. The van der Waals surface area contributed by atoms with E-state index in [9.17, 15) is 4.79 Å². The molecule has 0 aromatic heterocycles. The monoisotopic (exact) mass is 346 g/mol. The standard InChI is InChI=1S/C20H30N2O3/c1-15-7-8-16(2)19(11-15)21-20(23)14-22(12-17-5-3-9-24-17)13-18-6-4-10-25-18/h7-8,11,17-18H,3-6,9-10,12-14H2,1-2H3,(H,21,23). The second kappa shape index (κ2) is 8.79. The molecule has 3 rings (SSSR count). The van der Waals surface area contributed by atoms with Crippen LogP contribution in [0.4, 0.5) is 5.69 Å². The zero-order valence-electron chi connectivity index (χ0n) is 15.4. The van der Waals surface area contributed by atoms with Crippen molar-refractivity contribution in [3.05, 3.63) is 29.3 Å². The van der Waals surface area contributed by atoms with E-state index in [1.807, 2.05) is 26.0 Å². The minimum absolute atomic E-state index is 0.0321. The number of nitrogens with zero attached hydrogens (tertiary/aromatic N) is 1. The maximum atomic E-state index is 12.6. The highest BCUT2D eigenvalue weighted by Crippen LogP contribution is 2.19. The number of carbonyl (C=O) groups is 1. The van der Waals surface area contributed by atoms with Crippen LogP contribution in [-0.4, -0.2) is 55.9 Å². The molecule has 0 spiro atoms. The van der Waals surface area contributed by atoms with Crippen molar-refractivity contribution in [3.63, 3.8) is 0 Å². The molecule has 1 aromatic rings. The second-order valence-electron chi connectivity index (χ2n) is 7.33. The number of rotatable bonds is 7. The van der Waals surface area contributed by atoms with Gasteiger partial charge in [-0.05, 0) is 56.7 Å². The Morgan fingerprint density at radius 3 is 2.32 bits per heavy atom. The van der Waals surface area contributed by atoms with Crippen LogP contribution in [0.15, 0.2) is 18.2 Å². The summed E-state index contributed by atoms with van der Waals surface area (Å²) in [6, 6.07) is 6.13. The first-order chi connectivity index (χ1) is 12.1. The quantitative estimate of drug-likeness (QED) is 0.825. The van der Waals surface area contributed by atoms with Crippen molar-refractivity contribution in [1.29, 1.82) is 0 Å². The molecular weight excluding hydrogens is 316 g/mol. The van der Waals surface area contributed by atoms with Gasteiger partial charge in [0.1, 0.15) is 0 Å². The first kappa shape index (κ1) is 18.4. The molecule has 2 aliphatic heterocycles. The van der Waals surface area contributed by atoms with Crippen molar-refractivity contribution in [2.45, 2.75) is 51.7 Å². The molecule has 2 unspecified atom stereocenters. The van der Waals surface area contributed by atoms with Gasteiger partial charge >= 0.3 is 0 Å². The molecule has 2 fully saturated rings. The summed E-state index contributed by atoms with van der Waals surface area (Å²) < 4.78 is 11.5. The molecular formula is C20H30N2O3. The van der Waals surface area contributed by atoms with E-state index in [1.165, 1.54) is 0 Å². The normalized spacial score (nSPS) is 23.3. The Bertz CT molecular complexity index is 560. The largest absolute Gasteiger partial charge is 0.377 e. The molecule has 2 aliphatic rings. The molecule has 2 saturated heterocycles. The Labute approximate surface area is 150 Å². The van der Waals surface area contributed by atoms with Crippen LogP contribution >= 0.6 is 0 Å². The van der Waals surface area contributed by atoms with Gasteiger partial charge in [0, 0.05) is 32.0 Å². The third kappa shape index (κ3) is 5.53. The lowest BCUT2D eigenvalue weighted by Gasteiger charge is -2.27. The zero-order chi connectivity index (χ0) is 17.6. The van der Waals surface area contributed by atoms with Gasteiger partial charge in [-0.3, -0.25) is 9.69 Å². The molecule has 1 aromatic carbocycles. The van der Waals surface area contributed by atoms with E-state index >= 15 is 0 Å². The lowest BCUT2D eigenvalue weighted by Crippen LogP contribution is -2.42. The van der Waals surface area contributed by atoms with Gasteiger partial charge in [-0.1, -0.05) is 12.1 Å². The van der Waals surface area contributed by atoms with E-state index in [-0.39, 0.29) is 18.1 Å². The second-order valence-corrected chi connectivity index (χ2v) is 7.33. The van der Waals surface area contributed by atoms with E-state index in [0.717, 1.165) is 68.8 Å². The van der Waals surface area contributed by atoms with Gasteiger partial charge in [-0.15, -0.1) is 0 Å². The number of anilines is 1. The van der Waals surface area contributed by atoms with E-state index in [0.29, 0.717) is 6.54 Å². The first-order valence-electron chi connectivity index (χ1n) is 9.43. The van der Waals surface area contributed by atoms with Gasteiger partial charge in [-0.25, -0.2) is 0 Å². The number of hydrogen-bond acceptors (Lipinski definition) is 4. The molecule has 5 heteroatoms. The fourth-order valence-corrected chi connectivity index (χ4v) is 3.62. The third-order valence-electron chi connectivity index (χ3n) is 5.01. The van der Waals surface area contributed by atoms with Crippen molar-refractivity contribution >= 4 is 11.6 Å². The van der Waals surface area contributed by atoms with Gasteiger partial charge in [0.25, 0.3) is 0 Å². The summed E-state index contributed by atoms with van der Waals surface area (Å²) in [4.78, 5) is 14.8. The van der Waals surface area contributed by atoms with Crippen LogP contribution in [0.2, 0.25) is 0 Å². The number of hydrogen-bond donors (Lipinski definition) is 1. The summed E-state index contributed by atoms with van der Waals surface area (Å²) in [5, 5.41) is 3.07. The van der Waals surface area contributed by atoms with E-state index in [4.69, 9.17) is 9.47 Å². The summed E-state index contributed by atoms with van der Waals surface area (Å²) in [6.45, 7) is 7.73. The van der Waals surface area contributed by atoms with Gasteiger partial charge in [0.2, 0.25) is 5.91 Å². The molecule has 2 heterocycles. The fraction of sp³-hybridized carbons (Fsp3) is 0.650. The molecule has 0 saturated carbocycles. The van der Waals surface area contributed by atoms with Crippen LogP contribution < -0.4 is 5.32 Å². The summed E-state index contributed by atoms with van der Waals surface area (Å²) in [6.07, 6.45) is 4.89. The van der Waals surface area contributed by atoms with Crippen LogP contribution in [0.5, 0.6) is 0 Å². The third-order valence-corrected chi connectivity index (χ3v) is 5.01.